The Morgan fingerprint density at radius 1 is 0.933 bits per heavy atom. The van der Waals surface area contributed by atoms with E-state index in [4.69, 9.17) is 21.1 Å². The average molecular weight is 483 g/mol. The third-order valence-corrected chi connectivity index (χ3v) is 5.88. The van der Waals surface area contributed by atoms with Crippen LogP contribution in [-0.2, 0) is 13.2 Å². The van der Waals surface area contributed by atoms with E-state index >= 15 is 0 Å². The van der Waals surface area contributed by atoms with Crippen molar-refractivity contribution in [3.05, 3.63) is 99.5 Å². The van der Waals surface area contributed by atoms with Gasteiger partial charge in [0.15, 0.2) is 11.5 Å². The lowest BCUT2D eigenvalue weighted by Crippen LogP contribution is -2.06. The van der Waals surface area contributed by atoms with Crippen LogP contribution in [0.2, 0.25) is 5.02 Å². The molecule has 0 amide bonds. The van der Waals surface area contributed by atoms with E-state index in [2.05, 4.69) is 57.6 Å². The van der Waals surface area contributed by atoms with Gasteiger partial charge in [0.05, 0.1) is 7.11 Å². The Kier molecular flexibility index (Phi) is 6.46. The van der Waals surface area contributed by atoms with E-state index in [0.29, 0.717) is 29.7 Å². The second-order valence-electron chi connectivity index (χ2n) is 6.86. The lowest BCUT2D eigenvalue weighted by Gasteiger charge is -2.18. The van der Waals surface area contributed by atoms with Gasteiger partial charge in [-0.15, -0.1) is 0 Å². The fourth-order valence-electron chi connectivity index (χ4n) is 3.41. The van der Waals surface area contributed by atoms with Crippen molar-refractivity contribution >= 4 is 44.0 Å². The molecule has 0 saturated heterocycles. The molecule has 1 N–H and O–H groups in total. The molecule has 0 bridgehead atoms. The third-order valence-electron chi connectivity index (χ3n) is 4.90. The Labute approximate surface area is 189 Å². The van der Waals surface area contributed by atoms with Gasteiger partial charge in [0.25, 0.3) is 0 Å². The van der Waals surface area contributed by atoms with Gasteiger partial charge < -0.3 is 14.8 Å². The van der Waals surface area contributed by atoms with Crippen molar-refractivity contribution in [3.8, 4) is 11.5 Å². The summed E-state index contributed by atoms with van der Waals surface area (Å²) in [6, 6.07) is 26.1. The van der Waals surface area contributed by atoms with Gasteiger partial charge in [-0.1, -0.05) is 76.1 Å². The molecule has 30 heavy (non-hydrogen) atoms. The molecule has 0 aliphatic heterocycles. The van der Waals surface area contributed by atoms with Crippen LogP contribution in [0, 0.1) is 0 Å². The van der Waals surface area contributed by atoms with Gasteiger partial charge in [-0.3, -0.25) is 0 Å². The predicted octanol–water partition coefficient (Wildman–Crippen LogP) is 7.46. The van der Waals surface area contributed by atoms with E-state index in [9.17, 15) is 0 Å². The Bertz CT molecular complexity index is 1170. The number of halogens is 2. The highest BCUT2D eigenvalue weighted by Crippen LogP contribution is 2.37. The van der Waals surface area contributed by atoms with Crippen molar-refractivity contribution in [2.45, 2.75) is 13.2 Å². The molecule has 0 spiro atoms. The van der Waals surface area contributed by atoms with Gasteiger partial charge in [0.2, 0.25) is 0 Å². The predicted molar refractivity (Wildman–Crippen MR) is 128 cm³/mol. The zero-order valence-electron chi connectivity index (χ0n) is 16.5. The Morgan fingerprint density at radius 2 is 1.73 bits per heavy atom. The second kappa shape index (κ2) is 9.41. The van der Waals surface area contributed by atoms with Crippen molar-refractivity contribution in [1.82, 2.24) is 0 Å². The normalized spacial score (nSPS) is 10.8. The molecule has 0 aliphatic rings. The van der Waals surface area contributed by atoms with Crippen molar-refractivity contribution in [1.29, 1.82) is 0 Å². The summed E-state index contributed by atoms with van der Waals surface area (Å²) in [5, 5.41) is 6.63. The molecular weight excluding hydrogens is 462 g/mol. The summed E-state index contributed by atoms with van der Waals surface area (Å²) in [5.74, 6) is 1.40. The molecule has 0 atom stereocenters. The summed E-state index contributed by atoms with van der Waals surface area (Å²) in [7, 11) is 1.65. The summed E-state index contributed by atoms with van der Waals surface area (Å²) in [5.41, 5.74) is 3.06. The summed E-state index contributed by atoms with van der Waals surface area (Å²) >= 11 is 9.78. The van der Waals surface area contributed by atoms with Crippen LogP contribution in [0.3, 0.4) is 0 Å². The van der Waals surface area contributed by atoms with Crippen LogP contribution in [0.15, 0.2) is 83.3 Å². The maximum absolute atomic E-state index is 6.20. The van der Waals surface area contributed by atoms with E-state index < -0.39 is 0 Å². The number of rotatable bonds is 7. The fourth-order valence-corrected chi connectivity index (χ4v) is 4.08. The first-order valence-electron chi connectivity index (χ1n) is 9.60. The molecule has 4 rings (SSSR count). The summed E-state index contributed by atoms with van der Waals surface area (Å²) in [6.07, 6.45) is 0. The molecule has 0 unspecified atom stereocenters. The van der Waals surface area contributed by atoms with Crippen molar-refractivity contribution in [2.75, 3.05) is 12.4 Å². The standard InChI is InChI=1S/C25H21BrClNO2/c1-29-24-13-12-22(26)21(25(24)30-16-17-6-4-9-19(27)14-17)15-28-23-11-5-8-18-7-2-3-10-20(18)23/h2-14,28H,15-16H2,1H3. The van der Waals surface area contributed by atoms with Crippen LogP contribution in [0.1, 0.15) is 11.1 Å². The molecule has 152 valence electrons. The number of benzene rings is 4. The Morgan fingerprint density at radius 3 is 2.57 bits per heavy atom. The number of anilines is 1. The average Bonchev–Trinajstić information content (AvgIpc) is 2.77. The number of nitrogens with one attached hydrogen (secondary N) is 1. The van der Waals surface area contributed by atoms with Gasteiger partial charge in [-0.2, -0.15) is 0 Å². The minimum absolute atomic E-state index is 0.397. The van der Waals surface area contributed by atoms with E-state index in [1.165, 1.54) is 10.8 Å². The van der Waals surface area contributed by atoms with Crippen LogP contribution in [0.4, 0.5) is 5.69 Å². The molecule has 0 radical (unpaired) electrons. The number of hydrogen-bond donors (Lipinski definition) is 1. The quantitative estimate of drug-likeness (QED) is 0.296. The zero-order chi connectivity index (χ0) is 20.9. The summed E-state index contributed by atoms with van der Waals surface area (Å²) in [6.45, 7) is 0.977. The summed E-state index contributed by atoms with van der Waals surface area (Å²) in [4.78, 5) is 0. The summed E-state index contributed by atoms with van der Waals surface area (Å²) < 4.78 is 12.7. The van der Waals surface area contributed by atoms with E-state index in [-0.39, 0.29) is 0 Å². The molecule has 0 aromatic heterocycles. The number of ether oxygens (including phenoxy) is 2. The molecule has 4 aromatic carbocycles. The first-order chi connectivity index (χ1) is 14.7. The Balaban J connectivity index is 1.62. The van der Waals surface area contributed by atoms with Crippen LogP contribution in [0.5, 0.6) is 11.5 Å². The van der Waals surface area contributed by atoms with Crippen molar-refractivity contribution < 1.29 is 9.47 Å². The molecule has 0 heterocycles. The highest BCUT2D eigenvalue weighted by Gasteiger charge is 2.15. The molecule has 0 fully saturated rings. The third kappa shape index (κ3) is 4.55. The van der Waals surface area contributed by atoms with Crippen LogP contribution in [0.25, 0.3) is 10.8 Å². The molecule has 5 heteroatoms. The number of fused-ring (bicyclic) bond motifs is 1. The second-order valence-corrected chi connectivity index (χ2v) is 8.15. The Hall–Kier alpha value is -2.69. The molecule has 4 aromatic rings. The van der Waals surface area contributed by atoms with Gasteiger partial charge in [-0.25, -0.2) is 0 Å². The van der Waals surface area contributed by atoms with Crippen LogP contribution < -0.4 is 14.8 Å². The monoisotopic (exact) mass is 481 g/mol. The molecule has 0 saturated carbocycles. The van der Waals surface area contributed by atoms with Gasteiger partial charge in [0, 0.05) is 32.7 Å². The van der Waals surface area contributed by atoms with Crippen molar-refractivity contribution in [2.24, 2.45) is 0 Å². The highest BCUT2D eigenvalue weighted by atomic mass is 79.9. The van der Waals surface area contributed by atoms with Gasteiger partial charge in [-0.05, 0) is 41.3 Å². The molecular formula is C25H21BrClNO2. The fraction of sp³-hybridized carbons (Fsp3) is 0.120. The van der Waals surface area contributed by atoms with E-state index in [1.54, 1.807) is 7.11 Å². The first kappa shape index (κ1) is 20.6. The van der Waals surface area contributed by atoms with Gasteiger partial charge >= 0.3 is 0 Å². The van der Waals surface area contributed by atoms with Crippen LogP contribution in [-0.4, -0.2) is 7.11 Å². The van der Waals surface area contributed by atoms with Gasteiger partial charge in [0.1, 0.15) is 6.61 Å². The highest BCUT2D eigenvalue weighted by molar-refractivity contribution is 9.10. The lowest BCUT2D eigenvalue weighted by atomic mass is 10.1. The maximum atomic E-state index is 6.20. The van der Waals surface area contributed by atoms with E-state index in [1.807, 2.05) is 42.5 Å². The maximum Gasteiger partial charge on any atom is 0.167 e. The van der Waals surface area contributed by atoms with Crippen LogP contribution >= 0.6 is 27.5 Å². The van der Waals surface area contributed by atoms with E-state index in [0.717, 1.165) is 21.3 Å². The molecule has 3 nitrogen and oxygen atoms in total. The number of hydrogen-bond acceptors (Lipinski definition) is 3. The lowest BCUT2D eigenvalue weighted by molar-refractivity contribution is 0.281. The minimum atomic E-state index is 0.397. The minimum Gasteiger partial charge on any atom is -0.493 e. The topological polar surface area (TPSA) is 30.5 Å². The SMILES string of the molecule is COc1ccc(Br)c(CNc2cccc3ccccc23)c1OCc1cccc(Cl)c1. The smallest absolute Gasteiger partial charge is 0.167 e. The number of methoxy groups -OCH3 is 1. The zero-order valence-corrected chi connectivity index (χ0v) is 18.8. The molecule has 0 aliphatic carbocycles. The van der Waals surface area contributed by atoms with Crippen molar-refractivity contribution in [3.63, 3.8) is 0 Å². The largest absolute Gasteiger partial charge is 0.493 e. The first-order valence-corrected chi connectivity index (χ1v) is 10.8.